The summed E-state index contributed by atoms with van der Waals surface area (Å²) in [5.41, 5.74) is 8.15. The first-order valence-corrected chi connectivity index (χ1v) is 12.3. The maximum Gasteiger partial charge on any atom is 0.496 e. The molecule has 148 valence electrons. The fourth-order valence-corrected chi connectivity index (χ4v) is 7.98. The van der Waals surface area contributed by atoms with Crippen LogP contribution in [0.4, 0.5) is 5.69 Å². The normalized spacial score (nSPS) is 18.9. The van der Waals surface area contributed by atoms with Crippen molar-refractivity contribution in [1.29, 1.82) is 0 Å². The summed E-state index contributed by atoms with van der Waals surface area (Å²) in [5.74, 6) is 0. The maximum absolute atomic E-state index is 12.8. The molecule has 0 aliphatic carbocycles. The van der Waals surface area contributed by atoms with Crippen LogP contribution in [-0.2, 0) is 19.3 Å². The number of azide groups is 1. The predicted molar refractivity (Wildman–Crippen MR) is 130 cm³/mol. The lowest BCUT2D eigenvalue weighted by Crippen LogP contribution is -2.41. The maximum atomic E-state index is 12.8. The summed E-state index contributed by atoms with van der Waals surface area (Å²) < 4.78 is 36.7. The van der Waals surface area contributed by atoms with Crippen molar-refractivity contribution >= 4 is 108 Å². The lowest BCUT2D eigenvalue weighted by atomic mass is 9.80. The largest absolute Gasteiger partial charge is 0.496 e. The average molecular weight is 751 g/mol. The Hall–Kier alpha value is 0.675. The zero-order chi connectivity index (χ0) is 20.8. The first kappa shape index (κ1) is 23.9. The molecule has 2 rings (SSSR count). The van der Waals surface area contributed by atoms with Crippen LogP contribution in [0.25, 0.3) is 10.4 Å². The fourth-order valence-electron chi connectivity index (χ4n) is 2.01. The second-order valence-electron chi connectivity index (χ2n) is 6.56. The molecule has 0 bridgehead atoms. The summed E-state index contributed by atoms with van der Waals surface area (Å²) in [6.07, 6.45) is 1.47. The zero-order valence-corrected chi connectivity index (χ0v) is 22.6. The highest BCUT2D eigenvalue weighted by molar-refractivity contribution is 14.2. The molecule has 1 aromatic rings. The summed E-state index contributed by atoms with van der Waals surface area (Å²) in [5, 5.41) is 3.32. The molecule has 0 atom stereocenters. The van der Waals surface area contributed by atoms with E-state index in [1.807, 2.05) is 27.7 Å². The van der Waals surface area contributed by atoms with E-state index in [0.29, 0.717) is 5.46 Å². The van der Waals surface area contributed by atoms with Gasteiger partial charge in [0.25, 0.3) is 10.9 Å². The lowest BCUT2D eigenvalue weighted by Gasteiger charge is -2.32. The first-order chi connectivity index (χ1) is 12.2. The third kappa shape index (κ3) is 4.56. The Kier molecular flexibility index (Phi) is 7.16. The van der Waals surface area contributed by atoms with Crippen LogP contribution in [0.15, 0.2) is 17.4 Å². The molecular formula is C12H14BClI3N5O4S. The Morgan fingerprint density at radius 1 is 1.33 bits per heavy atom. The van der Waals surface area contributed by atoms with E-state index in [1.165, 1.54) is 12.3 Å². The summed E-state index contributed by atoms with van der Waals surface area (Å²) in [4.78, 5) is 6.66. The highest BCUT2D eigenvalue weighted by Gasteiger charge is 2.52. The number of alkyl halides is 2. The highest BCUT2D eigenvalue weighted by atomic mass is 127. The highest BCUT2D eigenvalue weighted by Crippen LogP contribution is 2.43. The molecule has 1 saturated heterocycles. The fraction of sp³-hybridized carbons (Fsp3) is 0.583. The molecule has 0 radical (unpaired) electrons. The monoisotopic (exact) mass is 751 g/mol. The van der Waals surface area contributed by atoms with Crippen molar-refractivity contribution in [2.45, 2.75) is 39.8 Å². The third-order valence-electron chi connectivity index (χ3n) is 4.24. The standard InChI is InChI=1S/C12H14BClI3N5O4S/c1-10(2)11(3,4)26-13(25-10)7-5-8(9(14)19-6-7)22(17)27(23,24)12(15,16)20-21-18/h5-6H,1-4H3. The molecule has 0 amide bonds. The number of hydrogen-bond donors (Lipinski definition) is 0. The zero-order valence-electron chi connectivity index (χ0n) is 14.5. The number of sulfonamides is 1. The van der Waals surface area contributed by atoms with Crippen molar-refractivity contribution in [2.75, 3.05) is 2.52 Å². The number of halogens is 4. The summed E-state index contributed by atoms with van der Waals surface area (Å²) in [7, 11) is -4.82. The summed E-state index contributed by atoms with van der Waals surface area (Å²) in [6.45, 7) is 7.64. The van der Waals surface area contributed by atoms with Gasteiger partial charge in [0, 0.05) is 16.6 Å². The Balaban J connectivity index is 2.46. The first-order valence-electron chi connectivity index (χ1n) is 7.32. The van der Waals surface area contributed by atoms with Crippen molar-refractivity contribution in [3.63, 3.8) is 0 Å². The quantitative estimate of drug-likeness (QED) is 0.0512. The van der Waals surface area contributed by atoms with Gasteiger partial charge in [0.15, 0.2) is 5.15 Å². The van der Waals surface area contributed by atoms with Crippen molar-refractivity contribution in [1.82, 2.24) is 4.98 Å². The van der Waals surface area contributed by atoms with Crippen LogP contribution in [0, 0.1) is 0 Å². The summed E-state index contributed by atoms with van der Waals surface area (Å²) in [6, 6.07) is 1.53. The lowest BCUT2D eigenvalue weighted by molar-refractivity contribution is 0.00578. The van der Waals surface area contributed by atoms with Crippen molar-refractivity contribution < 1.29 is 17.7 Å². The number of pyridine rings is 1. The molecule has 1 aliphatic heterocycles. The van der Waals surface area contributed by atoms with Gasteiger partial charge in [-0.1, -0.05) is 11.6 Å². The van der Waals surface area contributed by atoms with Gasteiger partial charge in [-0.25, -0.2) is 15.9 Å². The minimum absolute atomic E-state index is 0.0298. The Morgan fingerprint density at radius 2 is 1.85 bits per heavy atom. The number of anilines is 1. The van der Waals surface area contributed by atoms with Gasteiger partial charge >= 0.3 is 7.12 Å². The van der Waals surface area contributed by atoms with Gasteiger partial charge in [-0.3, -0.25) is 0 Å². The molecule has 1 aromatic heterocycles. The average Bonchev–Trinajstić information content (AvgIpc) is 2.75. The molecule has 0 saturated carbocycles. The van der Waals surface area contributed by atoms with E-state index in [2.05, 4.69) is 15.0 Å². The van der Waals surface area contributed by atoms with E-state index in [0.717, 1.165) is 2.52 Å². The van der Waals surface area contributed by atoms with Crippen molar-refractivity contribution in [3.05, 3.63) is 27.9 Å². The van der Waals surface area contributed by atoms with Crippen LogP contribution in [0.5, 0.6) is 0 Å². The third-order valence-corrected chi connectivity index (χ3v) is 11.7. The molecule has 1 aliphatic rings. The number of aromatic nitrogens is 1. The van der Waals surface area contributed by atoms with Gasteiger partial charge in [0.1, 0.15) is 0 Å². The number of hydrogen-bond acceptors (Lipinski definition) is 6. The van der Waals surface area contributed by atoms with Crippen molar-refractivity contribution in [2.24, 2.45) is 5.11 Å². The predicted octanol–water partition coefficient (Wildman–Crippen LogP) is 4.31. The van der Waals surface area contributed by atoms with Crippen LogP contribution in [0.1, 0.15) is 27.7 Å². The minimum atomic E-state index is -4.10. The van der Waals surface area contributed by atoms with Crippen LogP contribution >= 0.6 is 79.6 Å². The van der Waals surface area contributed by atoms with Crippen LogP contribution < -0.4 is 7.98 Å². The number of rotatable bonds is 5. The number of nitrogens with zero attached hydrogens (tertiary/aromatic N) is 5. The van der Waals surface area contributed by atoms with E-state index in [4.69, 9.17) is 26.4 Å². The van der Waals surface area contributed by atoms with E-state index in [-0.39, 0.29) is 10.8 Å². The van der Waals surface area contributed by atoms with E-state index in [9.17, 15) is 8.42 Å². The van der Waals surface area contributed by atoms with Gasteiger partial charge in [0.05, 0.1) is 39.8 Å². The second kappa shape index (κ2) is 8.07. The molecule has 9 nitrogen and oxygen atoms in total. The Morgan fingerprint density at radius 3 is 2.33 bits per heavy atom. The molecule has 27 heavy (non-hydrogen) atoms. The molecule has 1 fully saturated rings. The molecule has 2 heterocycles. The van der Waals surface area contributed by atoms with Gasteiger partial charge in [-0.05, 0) is 89.6 Å². The molecule has 0 N–H and O–H groups in total. The van der Waals surface area contributed by atoms with Crippen LogP contribution in [0.2, 0.25) is 5.15 Å². The van der Waals surface area contributed by atoms with Crippen LogP contribution in [0.3, 0.4) is 0 Å². The molecule has 0 unspecified atom stereocenters. The van der Waals surface area contributed by atoms with Gasteiger partial charge in [-0.15, -0.1) is 0 Å². The molecule has 0 aromatic carbocycles. The van der Waals surface area contributed by atoms with Crippen LogP contribution in [-0.4, -0.2) is 32.6 Å². The minimum Gasteiger partial charge on any atom is -0.399 e. The Bertz CT molecular complexity index is 894. The smallest absolute Gasteiger partial charge is 0.399 e. The molecular weight excluding hydrogens is 737 g/mol. The van der Waals surface area contributed by atoms with Crippen molar-refractivity contribution in [3.8, 4) is 0 Å². The molecule has 0 spiro atoms. The van der Waals surface area contributed by atoms with Gasteiger partial charge in [-0.2, -0.15) is 0 Å². The molecule has 15 heteroatoms. The SMILES string of the molecule is CC1(C)OB(c2cnc(Cl)c(N(I)S(=O)(=O)C(I)(I)N=[N+]=[N-])c2)OC1(C)C. The van der Waals surface area contributed by atoms with Gasteiger partial charge in [0.2, 0.25) is 0 Å². The Labute approximate surface area is 203 Å². The topological polar surface area (TPSA) is 117 Å². The van der Waals surface area contributed by atoms with E-state index in [1.54, 1.807) is 68.0 Å². The van der Waals surface area contributed by atoms with E-state index < -0.39 is 29.2 Å². The van der Waals surface area contributed by atoms with E-state index >= 15 is 0 Å². The second-order valence-corrected chi connectivity index (χ2v) is 17.1. The summed E-state index contributed by atoms with van der Waals surface area (Å²) >= 11 is 10.8. The van der Waals surface area contributed by atoms with Gasteiger partial charge < -0.3 is 9.31 Å².